The number of likely N-dealkylation sites (tertiary alicyclic amines) is 1. The Hall–Kier alpha value is -2.93. The molecule has 1 saturated heterocycles. The first kappa shape index (κ1) is 20.9. The minimum Gasteiger partial charge on any atom is -0.423 e. The second kappa shape index (κ2) is 8.90. The topological polar surface area (TPSA) is 75.8 Å². The summed E-state index contributed by atoms with van der Waals surface area (Å²) in [5, 5.41) is 9.80. The SMILES string of the molecule is NCc1cccc(C2CCN(C(=O)c3ccc(-c4ccc5c(c4)COB5O)cc3)CC2)c1. The van der Waals surface area contributed by atoms with E-state index in [-0.39, 0.29) is 5.91 Å². The molecule has 162 valence electrons. The molecule has 0 aromatic heterocycles. The first-order chi connectivity index (χ1) is 15.6. The predicted octanol–water partition coefficient (Wildman–Crippen LogP) is 3.05. The molecule has 32 heavy (non-hydrogen) atoms. The summed E-state index contributed by atoms with van der Waals surface area (Å²) in [6, 6.07) is 22.3. The number of nitrogens with two attached hydrogens (primary N) is 1. The third-order valence-electron chi connectivity index (χ3n) is 6.71. The molecule has 1 amide bonds. The second-order valence-corrected chi connectivity index (χ2v) is 8.67. The first-order valence-corrected chi connectivity index (χ1v) is 11.2. The molecule has 0 saturated carbocycles. The van der Waals surface area contributed by atoms with Crippen molar-refractivity contribution in [1.82, 2.24) is 4.90 Å². The standard InChI is InChI=1S/C26H27BN2O3/c28-16-18-2-1-3-22(14-18)20-10-12-29(13-11-20)26(30)21-6-4-19(5-7-21)23-8-9-25-24(15-23)17-32-27(25)31/h1-9,14-15,20,31H,10-13,16-17,28H2. The number of rotatable bonds is 4. The van der Waals surface area contributed by atoms with E-state index in [1.165, 1.54) is 5.56 Å². The molecule has 3 aromatic rings. The number of fused-ring (bicyclic) bond motifs is 1. The van der Waals surface area contributed by atoms with Crippen LogP contribution in [0.3, 0.4) is 0 Å². The van der Waals surface area contributed by atoms with E-state index < -0.39 is 7.12 Å². The number of nitrogens with zero attached hydrogens (tertiary/aromatic N) is 1. The first-order valence-electron chi connectivity index (χ1n) is 11.2. The van der Waals surface area contributed by atoms with Gasteiger partial charge in [0.2, 0.25) is 0 Å². The van der Waals surface area contributed by atoms with Gasteiger partial charge >= 0.3 is 7.12 Å². The number of piperidine rings is 1. The maximum Gasteiger partial charge on any atom is 0.491 e. The summed E-state index contributed by atoms with van der Waals surface area (Å²) in [6.45, 7) is 2.52. The van der Waals surface area contributed by atoms with Gasteiger partial charge in [-0.25, -0.2) is 0 Å². The van der Waals surface area contributed by atoms with Crippen molar-refractivity contribution in [2.75, 3.05) is 13.1 Å². The van der Waals surface area contributed by atoms with Crippen LogP contribution in [-0.4, -0.2) is 36.0 Å². The van der Waals surface area contributed by atoms with Crippen molar-refractivity contribution in [3.05, 3.63) is 89.0 Å². The molecule has 0 radical (unpaired) electrons. The Morgan fingerprint density at radius 1 is 1.03 bits per heavy atom. The molecule has 5 rings (SSSR count). The van der Waals surface area contributed by atoms with Crippen LogP contribution in [0.2, 0.25) is 0 Å². The minimum atomic E-state index is -0.826. The van der Waals surface area contributed by atoms with Crippen molar-refractivity contribution in [3.8, 4) is 11.1 Å². The highest BCUT2D eigenvalue weighted by atomic mass is 16.5. The van der Waals surface area contributed by atoms with E-state index in [1.807, 2.05) is 47.4 Å². The van der Waals surface area contributed by atoms with E-state index in [1.54, 1.807) is 0 Å². The van der Waals surface area contributed by atoms with Crippen LogP contribution in [-0.2, 0) is 17.8 Å². The van der Waals surface area contributed by atoms with Crippen LogP contribution in [0.25, 0.3) is 11.1 Å². The lowest BCUT2D eigenvalue weighted by Gasteiger charge is -2.32. The Kier molecular flexibility index (Phi) is 5.83. The highest BCUT2D eigenvalue weighted by molar-refractivity contribution is 6.61. The fraction of sp³-hybridized carbons (Fsp3) is 0.269. The largest absolute Gasteiger partial charge is 0.491 e. The van der Waals surface area contributed by atoms with Gasteiger partial charge in [-0.3, -0.25) is 4.79 Å². The van der Waals surface area contributed by atoms with Gasteiger partial charge < -0.3 is 20.3 Å². The summed E-state index contributed by atoms with van der Waals surface area (Å²) in [6.07, 6.45) is 1.95. The average molecular weight is 426 g/mol. The molecule has 3 N–H and O–H groups in total. The smallest absolute Gasteiger partial charge is 0.423 e. The quantitative estimate of drug-likeness (QED) is 0.629. The third kappa shape index (κ3) is 4.09. The van der Waals surface area contributed by atoms with Gasteiger partial charge in [-0.15, -0.1) is 0 Å². The number of hydrogen-bond donors (Lipinski definition) is 2. The predicted molar refractivity (Wildman–Crippen MR) is 126 cm³/mol. The van der Waals surface area contributed by atoms with Crippen molar-refractivity contribution >= 4 is 18.5 Å². The fourth-order valence-electron chi connectivity index (χ4n) is 4.79. The average Bonchev–Trinajstić information content (AvgIpc) is 3.24. The number of benzene rings is 3. The molecule has 2 aliphatic heterocycles. The molecule has 1 fully saturated rings. The summed E-state index contributed by atoms with van der Waals surface area (Å²) in [7, 11) is -0.826. The number of amides is 1. The zero-order valence-electron chi connectivity index (χ0n) is 18.0. The lowest BCUT2D eigenvalue weighted by Crippen LogP contribution is -2.37. The second-order valence-electron chi connectivity index (χ2n) is 8.67. The normalized spacial score (nSPS) is 16.3. The van der Waals surface area contributed by atoms with E-state index in [0.29, 0.717) is 19.1 Å². The molecular formula is C26H27BN2O3. The van der Waals surface area contributed by atoms with Gasteiger partial charge in [-0.1, -0.05) is 48.5 Å². The van der Waals surface area contributed by atoms with Crippen molar-refractivity contribution in [3.63, 3.8) is 0 Å². The monoisotopic (exact) mass is 426 g/mol. The van der Waals surface area contributed by atoms with Crippen LogP contribution in [0, 0.1) is 0 Å². The minimum absolute atomic E-state index is 0.0937. The molecule has 2 aliphatic rings. The van der Waals surface area contributed by atoms with E-state index in [4.69, 9.17) is 10.4 Å². The summed E-state index contributed by atoms with van der Waals surface area (Å²) < 4.78 is 5.28. The molecule has 0 bridgehead atoms. The van der Waals surface area contributed by atoms with Crippen LogP contribution < -0.4 is 11.2 Å². The molecule has 3 aromatic carbocycles. The third-order valence-corrected chi connectivity index (χ3v) is 6.71. The van der Waals surface area contributed by atoms with Crippen molar-refractivity contribution in [1.29, 1.82) is 0 Å². The van der Waals surface area contributed by atoms with Gasteiger partial charge in [0.05, 0.1) is 6.61 Å². The highest BCUT2D eigenvalue weighted by Crippen LogP contribution is 2.29. The number of carbonyl (C=O) groups excluding carboxylic acids is 1. The summed E-state index contributed by atoms with van der Waals surface area (Å²) >= 11 is 0. The Morgan fingerprint density at radius 3 is 2.53 bits per heavy atom. The Morgan fingerprint density at radius 2 is 1.78 bits per heavy atom. The Balaban J connectivity index is 1.24. The van der Waals surface area contributed by atoms with Crippen LogP contribution in [0.5, 0.6) is 0 Å². The van der Waals surface area contributed by atoms with Crippen molar-refractivity contribution in [2.45, 2.75) is 31.9 Å². The van der Waals surface area contributed by atoms with Crippen LogP contribution in [0.1, 0.15) is 45.8 Å². The molecule has 0 spiro atoms. The summed E-state index contributed by atoms with van der Waals surface area (Å²) in [4.78, 5) is 15.0. The fourth-order valence-corrected chi connectivity index (χ4v) is 4.79. The molecule has 0 unspecified atom stereocenters. The van der Waals surface area contributed by atoms with Gasteiger partial charge in [0.15, 0.2) is 0 Å². The van der Waals surface area contributed by atoms with Crippen molar-refractivity contribution < 1.29 is 14.5 Å². The molecule has 2 heterocycles. The van der Waals surface area contributed by atoms with E-state index >= 15 is 0 Å². The Bertz CT molecular complexity index is 1120. The lowest BCUT2D eigenvalue weighted by molar-refractivity contribution is 0.0713. The van der Waals surface area contributed by atoms with Crippen LogP contribution >= 0.6 is 0 Å². The molecular weight excluding hydrogens is 399 g/mol. The van der Waals surface area contributed by atoms with E-state index in [0.717, 1.165) is 59.2 Å². The van der Waals surface area contributed by atoms with E-state index in [2.05, 4.69) is 24.3 Å². The maximum absolute atomic E-state index is 13.0. The molecule has 6 heteroatoms. The molecule has 5 nitrogen and oxygen atoms in total. The zero-order valence-corrected chi connectivity index (χ0v) is 18.0. The Labute approximate surface area is 189 Å². The van der Waals surface area contributed by atoms with E-state index in [9.17, 15) is 9.82 Å². The van der Waals surface area contributed by atoms with Gasteiger partial charge in [0, 0.05) is 25.2 Å². The lowest BCUT2D eigenvalue weighted by atomic mass is 9.79. The van der Waals surface area contributed by atoms with Gasteiger partial charge in [-0.05, 0) is 70.2 Å². The van der Waals surface area contributed by atoms with Crippen molar-refractivity contribution in [2.24, 2.45) is 5.73 Å². The van der Waals surface area contributed by atoms with Gasteiger partial charge in [0.25, 0.3) is 5.91 Å². The number of hydrogen-bond acceptors (Lipinski definition) is 4. The molecule has 0 atom stereocenters. The van der Waals surface area contributed by atoms with Crippen LogP contribution in [0.4, 0.5) is 0 Å². The van der Waals surface area contributed by atoms with Gasteiger partial charge in [-0.2, -0.15) is 0 Å². The zero-order chi connectivity index (χ0) is 22.1. The number of carbonyl (C=O) groups is 1. The molecule has 0 aliphatic carbocycles. The maximum atomic E-state index is 13.0. The summed E-state index contributed by atoms with van der Waals surface area (Å²) in [5.41, 5.74) is 12.9. The highest BCUT2D eigenvalue weighted by Gasteiger charge is 2.27. The summed E-state index contributed by atoms with van der Waals surface area (Å²) in [5.74, 6) is 0.575. The van der Waals surface area contributed by atoms with Crippen LogP contribution in [0.15, 0.2) is 66.7 Å². The van der Waals surface area contributed by atoms with Gasteiger partial charge in [0.1, 0.15) is 0 Å².